The zero-order valence-corrected chi connectivity index (χ0v) is 18.2. The average molecular weight is 424 g/mol. The fourth-order valence-corrected chi connectivity index (χ4v) is 4.09. The third-order valence-corrected chi connectivity index (χ3v) is 5.78. The summed E-state index contributed by atoms with van der Waals surface area (Å²) in [6, 6.07) is 15.8. The van der Waals surface area contributed by atoms with E-state index in [9.17, 15) is 4.79 Å². The van der Waals surface area contributed by atoms with Gasteiger partial charge in [0.05, 0.1) is 5.54 Å². The van der Waals surface area contributed by atoms with E-state index >= 15 is 0 Å². The molecule has 0 bridgehead atoms. The van der Waals surface area contributed by atoms with Gasteiger partial charge in [-0.05, 0) is 32.9 Å². The minimum absolute atomic E-state index is 0.0244. The van der Waals surface area contributed by atoms with Gasteiger partial charge in [-0.25, -0.2) is 0 Å². The highest BCUT2D eigenvalue weighted by Gasteiger charge is 2.35. The second kappa shape index (κ2) is 7.85. The molecule has 156 valence electrons. The Kier molecular flexibility index (Phi) is 5.38. The molecule has 4 rings (SSSR count). The number of fused-ring (bicyclic) bond motifs is 1. The van der Waals surface area contributed by atoms with E-state index < -0.39 is 5.54 Å². The largest absolute Gasteiger partial charge is 0.351 e. The van der Waals surface area contributed by atoms with Crippen molar-refractivity contribution < 1.29 is 4.79 Å². The van der Waals surface area contributed by atoms with Crippen LogP contribution in [0.1, 0.15) is 20.8 Å². The second-order valence-electron chi connectivity index (χ2n) is 8.44. The molecule has 1 atom stereocenters. The van der Waals surface area contributed by atoms with E-state index in [1.807, 2.05) is 48.2 Å². The van der Waals surface area contributed by atoms with E-state index in [2.05, 4.69) is 27.2 Å². The summed E-state index contributed by atoms with van der Waals surface area (Å²) in [7, 11) is 0. The smallest absolute Gasteiger partial charge is 0.242 e. The predicted molar refractivity (Wildman–Crippen MR) is 122 cm³/mol. The van der Waals surface area contributed by atoms with Crippen molar-refractivity contribution in [3.63, 3.8) is 0 Å². The van der Waals surface area contributed by atoms with Crippen LogP contribution in [0.25, 0.3) is 22.0 Å². The summed E-state index contributed by atoms with van der Waals surface area (Å²) in [5, 5.41) is 11.9. The maximum Gasteiger partial charge on any atom is 0.242 e. The number of halogens is 1. The Morgan fingerprint density at radius 2 is 1.73 bits per heavy atom. The monoisotopic (exact) mass is 423 g/mol. The zero-order valence-electron chi connectivity index (χ0n) is 17.5. The van der Waals surface area contributed by atoms with Crippen LogP contribution in [0.2, 0.25) is 5.02 Å². The molecule has 1 fully saturated rings. The molecule has 0 spiro atoms. The summed E-state index contributed by atoms with van der Waals surface area (Å²) >= 11 is 6.04. The van der Waals surface area contributed by atoms with Crippen LogP contribution in [0.15, 0.2) is 48.5 Å². The number of piperazine rings is 1. The maximum atomic E-state index is 12.7. The first-order valence-corrected chi connectivity index (χ1v) is 10.5. The fraction of sp³-hybridized carbons (Fsp3) is 0.348. The summed E-state index contributed by atoms with van der Waals surface area (Å²) in [6.07, 6.45) is 0. The third-order valence-electron chi connectivity index (χ3n) is 5.52. The van der Waals surface area contributed by atoms with Crippen LogP contribution in [0.4, 0.5) is 5.82 Å². The lowest BCUT2D eigenvalue weighted by Crippen LogP contribution is -2.60. The van der Waals surface area contributed by atoms with Gasteiger partial charge in [-0.2, -0.15) is 0 Å². The van der Waals surface area contributed by atoms with Crippen LogP contribution in [0, 0.1) is 0 Å². The summed E-state index contributed by atoms with van der Waals surface area (Å²) in [4.78, 5) is 16.7. The van der Waals surface area contributed by atoms with Crippen molar-refractivity contribution in [2.75, 3.05) is 24.5 Å². The van der Waals surface area contributed by atoms with E-state index in [0.29, 0.717) is 24.7 Å². The van der Waals surface area contributed by atoms with Crippen LogP contribution in [-0.4, -0.2) is 52.2 Å². The minimum atomic E-state index is -0.872. The second-order valence-corrected chi connectivity index (χ2v) is 8.88. The number of carbonyl (C=O) groups excluding carboxylic acids is 1. The van der Waals surface area contributed by atoms with Gasteiger partial charge in [-0.1, -0.05) is 48.0 Å². The lowest BCUT2D eigenvalue weighted by atomic mass is 10.0. The predicted octanol–water partition coefficient (Wildman–Crippen LogP) is 3.72. The summed E-state index contributed by atoms with van der Waals surface area (Å²) < 4.78 is 0. The summed E-state index contributed by atoms with van der Waals surface area (Å²) in [5.41, 5.74) is 6.97. The van der Waals surface area contributed by atoms with E-state index in [4.69, 9.17) is 17.3 Å². The molecule has 2 N–H and O–H groups in total. The Morgan fingerprint density at radius 1 is 1.07 bits per heavy atom. The third kappa shape index (κ3) is 3.85. The van der Waals surface area contributed by atoms with Crippen molar-refractivity contribution in [3.8, 4) is 11.3 Å². The molecule has 1 aliphatic heterocycles. The molecule has 2 aromatic carbocycles. The number of benzene rings is 2. The first-order chi connectivity index (χ1) is 14.3. The van der Waals surface area contributed by atoms with Crippen molar-refractivity contribution in [2.24, 2.45) is 5.73 Å². The van der Waals surface area contributed by atoms with E-state index in [0.717, 1.165) is 27.8 Å². The normalized spacial score (nSPS) is 17.4. The molecule has 1 aromatic heterocycles. The van der Waals surface area contributed by atoms with Crippen LogP contribution in [0.3, 0.4) is 0 Å². The molecule has 0 saturated carbocycles. The van der Waals surface area contributed by atoms with E-state index in [1.54, 1.807) is 13.8 Å². The summed E-state index contributed by atoms with van der Waals surface area (Å²) in [5.74, 6) is 0.818. The van der Waals surface area contributed by atoms with Crippen molar-refractivity contribution in [1.29, 1.82) is 0 Å². The molecule has 2 heterocycles. The number of nitrogens with zero attached hydrogens (tertiary/aromatic N) is 4. The van der Waals surface area contributed by atoms with Crippen molar-refractivity contribution >= 4 is 34.1 Å². The Bertz CT molecular complexity index is 1080. The van der Waals surface area contributed by atoms with Gasteiger partial charge in [0.1, 0.15) is 5.69 Å². The van der Waals surface area contributed by atoms with Gasteiger partial charge in [-0.15, -0.1) is 10.2 Å². The first kappa shape index (κ1) is 20.6. The lowest BCUT2D eigenvalue weighted by Gasteiger charge is -2.42. The van der Waals surface area contributed by atoms with Gasteiger partial charge < -0.3 is 15.5 Å². The molecule has 6 nitrogen and oxygen atoms in total. The number of nitrogens with two attached hydrogens (primary N) is 1. The van der Waals surface area contributed by atoms with Gasteiger partial charge in [0.15, 0.2) is 5.82 Å². The Balaban J connectivity index is 1.67. The number of aromatic nitrogens is 2. The van der Waals surface area contributed by atoms with Crippen molar-refractivity contribution in [2.45, 2.75) is 32.4 Å². The molecule has 7 heteroatoms. The zero-order chi connectivity index (χ0) is 21.5. The molecular formula is C23H26ClN5O. The van der Waals surface area contributed by atoms with Crippen LogP contribution >= 0.6 is 11.6 Å². The van der Waals surface area contributed by atoms with Gasteiger partial charge in [0, 0.05) is 47.0 Å². The first-order valence-electron chi connectivity index (χ1n) is 10.1. The molecule has 30 heavy (non-hydrogen) atoms. The maximum absolute atomic E-state index is 12.7. The van der Waals surface area contributed by atoms with Gasteiger partial charge in [0.2, 0.25) is 5.91 Å². The van der Waals surface area contributed by atoms with Gasteiger partial charge in [0.25, 0.3) is 0 Å². The average Bonchev–Trinajstić information content (AvgIpc) is 2.72. The van der Waals surface area contributed by atoms with E-state index in [1.165, 1.54) is 0 Å². The number of hydrogen-bond donors (Lipinski definition) is 1. The Hall–Kier alpha value is -2.70. The number of rotatable bonds is 3. The quantitative estimate of drug-likeness (QED) is 0.694. The highest BCUT2D eigenvalue weighted by atomic mass is 35.5. The molecule has 1 aliphatic rings. The molecule has 0 radical (unpaired) electrons. The highest BCUT2D eigenvalue weighted by molar-refractivity contribution is 6.30. The number of hydrogen-bond acceptors (Lipinski definition) is 5. The van der Waals surface area contributed by atoms with Gasteiger partial charge in [-0.3, -0.25) is 4.79 Å². The standard InChI is InChI=1S/C23H26ClN5O/c1-15-14-28(12-13-29(15)22(30)23(2,3)25)21-19-7-5-4-6-18(19)20(26-27-21)16-8-10-17(24)11-9-16/h4-11,15H,12-14,25H2,1-3H3. The molecule has 1 unspecified atom stereocenters. The summed E-state index contributed by atoms with van der Waals surface area (Å²) in [6.45, 7) is 7.53. The minimum Gasteiger partial charge on any atom is -0.351 e. The topological polar surface area (TPSA) is 75.4 Å². The Labute approximate surface area is 181 Å². The van der Waals surface area contributed by atoms with Crippen LogP contribution in [-0.2, 0) is 4.79 Å². The number of amides is 1. The molecule has 0 aliphatic carbocycles. The highest BCUT2D eigenvalue weighted by Crippen LogP contribution is 2.32. The number of carbonyl (C=O) groups is 1. The number of anilines is 1. The van der Waals surface area contributed by atoms with Crippen molar-refractivity contribution in [1.82, 2.24) is 15.1 Å². The molecule has 1 amide bonds. The van der Waals surface area contributed by atoms with E-state index in [-0.39, 0.29) is 11.9 Å². The molecule has 3 aromatic rings. The molecular weight excluding hydrogens is 398 g/mol. The molecule has 1 saturated heterocycles. The van der Waals surface area contributed by atoms with Gasteiger partial charge >= 0.3 is 0 Å². The van der Waals surface area contributed by atoms with Crippen LogP contribution in [0.5, 0.6) is 0 Å². The van der Waals surface area contributed by atoms with Crippen molar-refractivity contribution in [3.05, 3.63) is 53.6 Å². The SMILES string of the molecule is CC1CN(c2nnc(-c3ccc(Cl)cc3)c3ccccc23)CCN1C(=O)C(C)(C)N. The fourth-order valence-electron chi connectivity index (χ4n) is 3.97. The Morgan fingerprint density at radius 3 is 2.37 bits per heavy atom. The lowest BCUT2D eigenvalue weighted by molar-refractivity contribution is -0.138. The van der Waals surface area contributed by atoms with Crippen LogP contribution < -0.4 is 10.6 Å².